The van der Waals surface area contributed by atoms with E-state index < -0.39 is 6.04 Å². The van der Waals surface area contributed by atoms with E-state index in [1.54, 1.807) is 35.1 Å². The number of hydrogen-bond acceptors (Lipinski definition) is 6. The van der Waals surface area contributed by atoms with Gasteiger partial charge >= 0.3 is 0 Å². The van der Waals surface area contributed by atoms with Crippen molar-refractivity contribution in [3.05, 3.63) is 63.9 Å². The van der Waals surface area contributed by atoms with Crippen molar-refractivity contribution >= 4 is 17.2 Å². The van der Waals surface area contributed by atoms with E-state index in [4.69, 9.17) is 0 Å². The molecule has 7 nitrogen and oxygen atoms in total. The maximum absolute atomic E-state index is 13.5. The number of aryl methyl sites for hydroxylation is 1. The number of thiophene rings is 1. The van der Waals surface area contributed by atoms with Crippen LogP contribution in [0.2, 0.25) is 0 Å². The van der Waals surface area contributed by atoms with Crippen molar-refractivity contribution in [2.24, 2.45) is 0 Å². The van der Waals surface area contributed by atoms with E-state index in [9.17, 15) is 9.18 Å². The molecule has 0 saturated carbocycles. The van der Waals surface area contributed by atoms with Gasteiger partial charge in [-0.1, -0.05) is 18.2 Å². The van der Waals surface area contributed by atoms with Crippen LogP contribution in [0.15, 0.2) is 41.8 Å². The van der Waals surface area contributed by atoms with Crippen LogP contribution in [0.4, 0.5) is 4.39 Å². The second-order valence-corrected chi connectivity index (χ2v) is 8.58. The van der Waals surface area contributed by atoms with Crippen molar-refractivity contribution in [3.63, 3.8) is 0 Å². The van der Waals surface area contributed by atoms with Crippen LogP contribution in [0.1, 0.15) is 28.7 Å². The van der Waals surface area contributed by atoms with E-state index in [0.29, 0.717) is 25.3 Å². The van der Waals surface area contributed by atoms with Crippen LogP contribution >= 0.6 is 11.3 Å². The van der Waals surface area contributed by atoms with Crippen molar-refractivity contribution in [1.82, 2.24) is 30.0 Å². The van der Waals surface area contributed by atoms with Crippen molar-refractivity contribution in [1.29, 1.82) is 0 Å². The fraction of sp³-hybridized carbons (Fsp3) is 0.429. The summed E-state index contributed by atoms with van der Waals surface area (Å²) in [5.74, 6) is 0.302. The zero-order valence-corrected chi connectivity index (χ0v) is 17.8. The Morgan fingerprint density at radius 1 is 1.17 bits per heavy atom. The monoisotopic (exact) mass is 428 g/mol. The Bertz CT molecular complexity index is 958. The Morgan fingerprint density at radius 2 is 2.00 bits per heavy atom. The molecular formula is C21H25FN6OS. The molecule has 0 N–H and O–H groups in total. The molecule has 1 aliphatic rings. The number of hydrogen-bond donors (Lipinski definition) is 0. The predicted octanol–water partition coefficient (Wildman–Crippen LogP) is 2.70. The van der Waals surface area contributed by atoms with Crippen LogP contribution < -0.4 is 0 Å². The third kappa shape index (κ3) is 4.91. The minimum absolute atomic E-state index is 0.00713. The van der Waals surface area contributed by atoms with Gasteiger partial charge in [-0.2, -0.15) is 0 Å². The average Bonchev–Trinajstić information content (AvgIpc) is 3.34. The number of aromatic nitrogens is 4. The Morgan fingerprint density at radius 3 is 2.70 bits per heavy atom. The van der Waals surface area contributed by atoms with Gasteiger partial charge in [0.05, 0.1) is 0 Å². The molecule has 1 aromatic carbocycles. The van der Waals surface area contributed by atoms with E-state index in [2.05, 4.69) is 37.9 Å². The smallest absolute Gasteiger partial charge is 0.247 e. The van der Waals surface area contributed by atoms with Crippen LogP contribution in [-0.2, 0) is 17.8 Å². The van der Waals surface area contributed by atoms with Crippen molar-refractivity contribution in [2.45, 2.75) is 32.4 Å². The lowest BCUT2D eigenvalue weighted by atomic mass is 10.0. The summed E-state index contributed by atoms with van der Waals surface area (Å²) < 4.78 is 14.9. The van der Waals surface area contributed by atoms with Gasteiger partial charge in [-0.05, 0) is 52.9 Å². The number of halogens is 1. The molecule has 0 bridgehead atoms. The molecule has 1 amide bonds. The minimum atomic E-state index is -0.547. The third-order valence-corrected chi connectivity index (χ3v) is 6.30. The van der Waals surface area contributed by atoms with Gasteiger partial charge in [0.15, 0.2) is 0 Å². The molecule has 3 aromatic rings. The van der Waals surface area contributed by atoms with Gasteiger partial charge in [0, 0.05) is 44.0 Å². The minimum Gasteiger partial charge on any atom is -0.339 e. The van der Waals surface area contributed by atoms with Gasteiger partial charge in [0.25, 0.3) is 0 Å². The predicted molar refractivity (Wildman–Crippen MR) is 112 cm³/mol. The molecule has 3 heterocycles. The lowest BCUT2D eigenvalue weighted by Crippen LogP contribution is -2.41. The molecule has 4 rings (SSSR count). The summed E-state index contributed by atoms with van der Waals surface area (Å²) in [5, 5.41) is 13.8. The summed E-state index contributed by atoms with van der Waals surface area (Å²) in [4.78, 5) is 19.2. The fourth-order valence-electron chi connectivity index (χ4n) is 3.83. The number of amides is 1. The Labute approximate surface area is 179 Å². The van der Waals surface area contributed by atoms with E-state index >= 15 is 0 Å². The Hall–Kier alpha value is -2.65. The highest BCUT2D eigenvalue weighted by Gasteiger charge is 2.30. The molecule has 2 aromatic heterocycles. The highest BCUT2D eigenvalue weighted by molar-refractivity contribution is 7.09. The summed E-state index contributed by atoms with van der Waals surface area (Å²) in [5.41, 5.74) is 0.874. The fourth-order valence-corrected chi connectivity index (χ4v) is 4.58. The molecule has 0 spiro atoms. The van der Waals surface area contributed by atoms with E-state index in [1.165, 1.54) is 17.0 Å². The Kier molecular flexibility index (Phi) is 6.49. The van der Waals surface area contributed by atoms with E-state index in [-0.39, 0.29) is 11.7 Å². The highest BCUT2D eigenvalue weighted by atomic mass is 32.1. The number of carbonyl (C=O) groups is 1. The molecule has 1 atom stereocenters. The number of tetrazole rings is 1. The standard InChI is InChI=1S/C21H25FN6OS/c1-16-23-24-25-28(16)20(14-17-5-7-18(22)8-6-17)21(29)27-10-3-9-26(11-12-27)15-19-4-2-13-30-19/h2,4-8,13,20H,3,9-12,14-15H2,1H3/t20-/m1/s1. The highest BCUT2D eigenvalue weighted by Crippen LogP contribution is 2.20. The molecule has 30 heavy (non-hydrogen) atoms. The molecule has 1 aliphatic heterocycles. The van der Waals surface area contributed by atoms with Crippen molar-refractivity contribution in [3.8, 4) is 0 Å². The quantitative estimate of drug-likeness (QED) is 0.604. The summed E-state index contributed by atoms with van der Waals surface area (Å²) in [6.07, 6.45) is 1.34. The largest absolute Gasteiger partial charge is 0.339 e. The lowest BCUT2D eigenvalue weighted by molar-refractivity contribution is -0.135. The van der Waals surface area contributed by atoms with Crippen LogP contribution in [0.25, 0.3) is 0 Å². The normalized spacial score (nSPS) is 16.4. The first-order valence-electron chi connectivity index (χ1n) is 10.1. The van der Waals surface area contributed by atoms with E-state index in [0.717, 1.165) is 31.6 Å². The van der Waals surface area contributed by atoms with Gasteiger partial charge in [-0.25, -0.2) is 9.07 Å². The first kappa shape index (κ1) is 20.6. The van der Waals surface area contributed by atoms with Crippen molar-refractivity contribution < 1.29 is 9.18 Å². The first-order chi connectivity index (χ1) is 14.6. The molecule has 158 valence electrons. The zero-order chi connectivity index (χ0) is 20.9. The van der Waals surface area contributed by atoms with E-state index in [1.807, 2.05) is 4.90 Å². The summed E-state index contributed by atoms with van der Waals surface area (Å²) in [7, 11) is 0. The topological polar surface area (TPSA) is 67.2 Å². The van der Waals surface area contributed by atoms with Crippen LogP contribution in [0.3, 0.4) is 0 Å². The SMILES string of the molecule is Cc1nnnn1[C@H](Cc1ccc(F)cc1)C(=O)N1CCCN(Cc2cccs2)CC1. The zero-order valence-electron chi connectivity index (χ0n) is 16.9. The molecule has 0 radical (unpaired) electrons. The number of benzene rings is 1. The van der Waals surface area contributed by atoms with Crippen LogP contribution in [0.5, 0.6) is 0 Å². The lowest BCUT2D eigenvalue weighted by Gasteiger charge is -2.26. The summed E-state index contributed by atoms with van der Waals surface area (Å²) in [6, 6.07) is 9.92. The maximum atomic E-state index is 13.5. The average molecular weight is 429 g/mol. The molecule has 9 heteroatoms. The molecular weight excluding hydrogens is 403 g/mol. The van der Waals surface area contributed by atoms with Gasteiger partial charge < -0.3 is 4.90 Å². The second kappa shape index (κ2) is 9.44. The molecule has 0 aliphatic carbocycles. The number of rotatable bonds is 6. The van der Waals surface area contributed by atoms with Gasteiger partial charge in [-0.15, -0.1) is 16.4 Å². The second-order valence-electron chi connectivity index (χ2n) is 7.55. The maximum Gasteiger partial charge on any atom is 0.247 e. The third-order valence-electron chi connectivity index (χ3n) is 5.44. The van der Waals surface area contributed by atoms with Crippen LogP contribution in [0, 0.1) is 12.7 Å². The Balaban J connectivity index is 1.48. The van der Waals surface area contributed by atoms with Gasteiger partial charge in [0.1, 0.15) is 17.7 Å². The number of carbonyl (C=O) groups excluding carboxylic acids is 1. The summed E-state index contributed by atoms with van der Waals surface area (Å²) >= 11 is 1.76. The molecule has 0 unspecified atom stereocenters. The first-order valence-corrected chi connectivity index (χ1v) is 11.0. The molecule has 1 saturated heterocycles. The molecule has 1 fully saturated rings. The number of nitrogens with zero attached hydrogens (tertiary/aromatic N) is 6. The van der Waals surface area contributed by atoms with Gasteiger partial charge in [-0.3, -0.25) is 9.69 Å². The van der Waals surface area contributed by atoms with Crippen molar-refractivity contribution in [2.75, 3.05) is 26.2 Å². The summed E-state index contributed by atoms with van der Waals surface area (Å²) in [6.45, 7) is 5.89. The van der Waals surface area contributed by atoms with Crippen LogP contribution in [-0.4, -0.2) is 62.1 Å². The van der Waals surface area contributed by atoms with Gasteiger partial charge in [0.2, 0.25) is 5.91 Å².